The van der Waals surface area contributed by atoms with Crippen molar-refractivity contribution in [2.24, 2.45) is 0 Å². The van der Waals surface area contributed by atoms with Crippen molar-refractivity contribution >= 4 is 28.4 Å². The number of nitrogens with one attached hydrogen (secondary N) is 1. The second-order valence-electron chi connectivity index (χ2n) is 5.21. The van der Waals surface area contributed by atoms with Crippen molar-refractivity contribution in [3.63, 3.8) is 0 Å². The van der Waals surface area contributed by atoms with Gasteiger partial charge in [-0.05, 0) is 19.2 Å². The van der Waals surface area contributed by atoms with Gasteiger partial charge in [-0.15, -0.1) is 0 Å². The number of nitro groups is 1. The van der Waals surface area contributed by atoms with E-state index in [0.29, 0.717) is 11.4 Å². The monoisotopic (exact) mass is 327 g/mol. The van der Waals surface area contributed by atoms with Crippen LogP contribution in [0.4, 0.5) is 5.69 Å². The summed E-state index contributed by atoms with van der Waals surface area (Å²) < 4.78 is 1.90. The van der Waals surface area contributed by atoms with E-state index in [2.05, 4.69) is 10.3 Å². The predicted molar refractivity (Wildman–Crippen MR) is 87.7 cm³/mol. The third-order valence-electron chi connectivity index (χ3n) is 3.87. The van der Waals surface area contributed by atoms with E-state index in [-0.39, 0.29) is 10.6 Å². The van der Waals surface area contributed by atoms with Gasteiger partial charge in [0.2, 0.25) is 0 Å². The molecule has 1 N–H and O–H groups in total. The first kappa shape index (κ1) is 14.2. The number of hydrogen-bond acceptors (Lipinski definition) is 6. The van der Waals surface area contributed by atoms with Gasteiger partial charge in [-0.3, -0.25) is 19.8 Å². The molecule has 0 radical (unpaired) electrons. The second kappa shape index (κ2) is 5.32. The van der Waals surface area contributed by atoms with Crippen LogP contribution in [0.5, 0.6) is 0 Å². The molecule has 3 aromatic rings. The lowest BCUT2D eigenvalue weighted by Crippen LogP contribution is -2.15. The summed E-state index contributed by atoms with van der Waals surface area (Å²) in [4.78, 5) is 16.9. The highest BCUT2D eigenvalue weighted by atomic mass is 32.2. The van der Waals surface area contributed by atoms with Crippen molar-refractivity contribution in [1.29, 1.82) is 0 Å². The Morgan fingerprint density at radius 2 is 2.26 bits per heavy atom. The first-order valence-electron chi connectivity index (χ1n) is 7.15. The highest BCUT2D eigenvalue weighted by Crippen LogP contribution is 2.50. The number of rotatable bonds is 4. The van der Waals surface area contributed by atoms with E-state index < -0.39 is 0 Å². The minimum atomic E-state index is -0.331. The first-order chi connectivity index (χ1) is 11.2. The molecule has 0 unspecified atom stereocenters. The lowest BCUT2D eigenvalue weighted by atomic mass is 10.1. The maximum absolute atomic E-state index is 11.4. The zero-order valence-electron chi connectivity index (χ0n) is 12.3. The average Bonchev–Trinajstić information content (AvgIpc) is 2.93. The Kier molecular flexibility index (Phi) is 3.28. The fraction of sp³-hybridized carbons (Fsp3) is 0.200. The Labute approximate surface area is 135 Å². The Bertz CT molecular complexity index is 937. The van der Waals surface area contributed by atoms with Gasteiger partial charge in [0.15, 0.2) is 0 Å². The number of hydrogen-bond donors (Lipinski definition) is 1. The van der Waals surface area contributed by atoms with E-state index in [0.717, 1.165) is 33.6 Å². The van der Waals surface area contributed by atoms with Crippen LogP contribution in [0.25, 0.3) is 22.2 Å². The molecule has 0 spiro atoms. The zero-order valence-corrected chi connectivity index (χ0v) is 13.1. The molecule has 4 rings (SSSR count). The summed E-state index contributed by atoms with van der Waals surface area (Å²) in [5, 5.41) is 20.0. The number of aromatic nitrogens is 3. The van der Waals surface area contributed by atoms with Gasteiger partial charge in [0.1, 0.15) is 10.6 Å². The topological polar surface area (TPSA) is 85.9 Å². The van der Waals surface area contributed by atoms with Gasteiger partial charge in [0.05, 0.1) is 17.0 Å². The molecule has 0 atom stereocenters. The van der Waals surface area contributed by atoms with Crippen molar-refractivity contribution < 1.29 is 4.92 Å². The molecule has 116 valence electrons. The molecule has 8 heteroatoms. The molecule has 1 aliphatic rings. The van der Waals surface area contributed by atoms with Crippen molar-refractivity contribution in [1.82, 2.24) is 20.1 Å². The summed E-state index contributed by atoms with van der Waals surface area (Å²) in [5.41, 5.74) is 2.74. The van der Waals surface area contributed by atoms with E-state index in [4.69, 9.17) is 5.10 Å². The number of likely N-dealkylation sites (N-methyl/N-ethyl adjacent to an activating group) is 1. The van der Waals surface area contributed by atoms with Crippen LogP contribution in [-0.4, -0.2) is 33.3 Å². The molecule has 7 nitrogen and oxygen atoms in total. The summed E-state index contributed by atoms with van der Waals surface area (Å²) in [6.07, 6.45) is 3.47. The highest BCUT2D eigenvalue weighted by molar-refractivity contribution is 8.00. The molecule has 0 bridgehead atoms. The van der Waals surface area contributed by atoms with Crippen molar-refractivity contribution in [3.8, 4) is 11.3 Å². The summed E-state index contributed by atoms with van der Waals surface area (Å²) in [5.74, 6) is 0. The number of fused-ring (bicyclic) bond motifs is 2. The lowest BCUT2D eigenvalue weighted by Gasteiger charge is -2.14. The maximum Gasteiger partial charge on any atom is 0.284 e. The smallest absolute Gasteiger partial charge is 0.284 e. The predicted octanol–water partition coefficient (Wildman–Crippen LogP) is 2.69. The third-order valence-corrected chi connectivity index (χ3v) is 5.06. The number of benzene rings is 1. The van der Waals surface area contributed by atoms with Crippen LogP contribution in [0.15, 0.2) is 40.4 Å². The number of pyridine rings is 1. The van der Waals surface area contributed by atoms with Crippen molar-refractivity contribution in [2.75, 3.05) is 13.6 Å². The minimum absolute atomic E-state index is 0.124. The minimum Gasteiger partial charge on any atom is -0.318 e. The molecule has 3 heterocycles. The van der Waals surface area contributed by atoms with Crippen LogP contribution >= 0.6 is 11.8 Å². The van der Waals surface area contributed by atoms with Gasteiger partial charge < -0.3 is 5.32 Å². The zero-order chi connectivity index (χ0) is 16.0. The van der Waals surface area contributed by atoms with Crippen LogP contribution in [-0.2, 0) is 6.54 Å². The van der Waals surface area contributed by atoms with E-state index >= 15 is 0 Å². The summed E-state index contributed by atoms with van der Waals surface area (Å²) in [6.45, 7) is 1.47. The Balaban J connectivity index is 2.04. The van der Waals surface area contributed by atoms with E-state index in [9.17, 15) is 10.1 Å². The summed E-state index contributed by atoms with van der Waals surface area (Å²) in [7, 11) is 1.88. The Hall–Kier alpha value is -2.45. The SMILES string of the molecule is CNCCn1nc2c3c(c([N+](=O)[O-])ccc31)Sc1ccncc1-2. The third kappa shape index (κ3) is 2.10. The van der Waals surface area contributed by atoms with Crippen molar-refractivity contribution in [2.45, 2.75) is 16.3 Å². The van der Waals surface area contributed by atoms with Crippen LogP contribution in [0.1, 0.15) is 0 Å². The molecular weight excluding hydrogens is 314 g/mol. The molecule has 0 aliphatic carbocycles. The van der Waals surface area contributed by atoms with Gasteiger partial charge >= 0.3 is 0 Å². The van der Waals surface area contributed by atoms with Gasteiger partial charge in [-0.25, -0.2) is 0 Å². The standard InChI is InChI=1S/C15H13N5O2S/c1-16-6-7-19-10-2-3-11(20(21)22)15-13(10)14(18-19)9-8-17-5-4-12(9)23-15/h2-5,8,16H,6-7H2,1H3. The fourth-order valence-electron chi connectivity index (χ4n) is 2.81. The molecule has 23 heavy (non-hydrogen) atoms. The molecule has 0 saturated heterocycles. The van der Waals surface area contributed by atoms with Crippen LogP contribution < -0.4 is 5.32 Å². The molecule has 2 aromatic heterocycles. The molecule has 1 aliphatic heterocycles. The maximum atomic E-state index is 11.4. The molecular formula is C15H13N5O2S. The van der Waals surface area contributed by atoms with E-state index in [1.807, 2.05) is 17.8 Å². The summed E-state index contributed by atoms with van der Waals surface area (Å²) >= 11 is 1.42. The van der Waals surface area contributed by atoms with Gasteiger partial charge in [-0.1, -0.05) is 11.8 Å². The largest absolute Gasteiger partial charge is 0.318 e. The second-order valence-corrected chi connectivity index (χ2v) is 6.27. The highest BCUT2D eigenvalue weighted by Gasteiger charge is 2.29. The number of nitro benzene ring substituents is 1. The molecule has 0 fully saturated rings. The molecule has 1 aromatic carbocycles. The quantitative estimate of drug-likeness (QED) is 0.458. The average molecular weight is 327 g/mol. The normalized spacial score (nSPS) is 12.4. The Morgan fingerprint density at radius 3 is 3.04 bits per heavy atom. The Morgan fingerprint density at radius 1 is 1.39 bits per heavy atom. The molecule has 0 saturated carbocycles. The summed E-state index contributed by atoms with van der Waals surface area (Å²) in [6, 6.07) is 5.22. The van der Waals surface area contributed by atoms with Crippen molar-refractivity contribution in [3.05, 3.63) is 40.7 Å². The van der Waals surface area contributed by atoms with E-state index in [1.165, 1.54) is 11.8 Å². The van der Waals surface area contributed by atoms with Gasteiger partial charge in [-0.2, -0.15) is 5.10 Å². The first-order valence-corrected chi connectivity index (χ1v) is 7.97. The fourth-order valence-corrected chi connectivity index (χ4v) is 3.97. The van der Waals surface area contributed by atoms with Gasteiger partial charge in [0.25, 0.3) is 5.69 Å². The van der Waals surface area contributed by atoms with Crippen LogP contribution in [0, 0.1) is 10.1 Å². The number of nitrogens with zero attached hydrogens (tertiary/aromatic N) is 4. The molecule has 0 amide bonds. The lowest BCUT2D eigenvalue weighted by molar-refractivity contribution is -0.387. The van der Waals surface area contributed by atoms with Gasteiger partial charge in [0, 0.05) is 40.8 Å². The van der Waals surface area contributed by atoms with Crippen LogP contribution in [0.2, 0.25) is 0 Å². The van der Waals surface area contributed by atoms with Crippen LogP contribution in [0.3, 0.4) is 0 Å². The van der Waals surface area contributed by atoms with E-state index in [1.54, 1.807) is 24.5 Å².